The summed E-state index contributed by atoms with van der Waals surface area (Å²) in [4.78, 5) is 4.99. The Morgan fingerprint density at radius 3 is 2.27 bits per heavy atom. The molecular weight excluding hydrogens is 398 g/mol. The highest BCUT2D eigenvalue weighted by molar-refractivity contribution is 7.93. The van der Waals surface area contributed by atoms with E-state index < -0.39 is 10.0 Å². The molecule has 0 aromatic heterocycles. The van der Waals surface area contributed by atoms with Crippen LogP contribution in [0.5, 0.6) is 5.75 Å². The number of anilines is 2. The first-order valence-corrected chi connectivity index (χ1v) is 11.8. The van der Waals surface area contributed by atoms with Crippen LogP contribution in [0.25, 0.3) is 10.8 Å². The number of phenolic OH excluding ortho intramolecular Hbond substituents is 1. The van der Waals surface area contributed by atoms with E-state index in [1.807, 2.05) is 48.5 Å². The average molecular weight is 424 g/mol. The molecule has 7 heteroatoms. The molecule has 3 aromatic carbocycles. The maximum atomic E-state index is 13.1. The number of aromatic hydroxyl groups is 1. The molecule has 0 bridgehead atoms. The number of hydrogen-bond donors (Lipinski definition) is 1. The summed E-state index contributed by atoms with van der Waals surface area (Å²) < 4.78 is 27.7. The van der Waals surface area contributed by atoms with Crippen LogP contribution < -0.4 is 9.21 Å². The standard InChI is InChI=1S/C23H25N3O3S/c27-21-10-2-1-8-19(21)25-16-14-24(15-17-25)12-5-13-26-20-9-3-6-18-7-4-11-22(23(18)20)30(26,28)29/h1-4,6-11,27H,5,12-17H2. The predicted octanol–water partition coefficient (Wildman–Crippen LogP) is 3.27. The van der Waals surface area contributed by atoms with Crippen LogP contribution in [0.2, 0.25) is 0 Å². The fourth-order valence-electron chi connectivity index (χ4n) is 4.58. The Kier molecular flexibility index (Phi) is 4.79. The maximum absolute atomic E-state index is 13.1. The van der Waals surface area contributed by atoms with Crippen molar-refractivity contribution >= 4 is 32.2 Å². The van der Waals surface area contributed by atoms with Gasteiger partial charge >= 0.3 is 0 Å². The first-order valence-electron chi connectivity index (χ1n) is 10.4. The Balaban J connectivity index is 1.21. The molecule has 0 aliphatic carbocycles. The zero-order chi connectivity index (χ0) is 20.7. The summed E-state index contributed by atoms with van der Waals surface area (Å²) in [7, 11) is -3.47. The molecule has 0 radical (unpaired) electrons. The lowest BCUT2D eigenvalue weighted by Gasteiger charge is -2.36. The first-order chi connectivity index (χ1) is 14.6. The third-order valence-electron chi connectivity index (χ3n) is 6.11. The third-order valence-corrected chi connectivity index (χ3v) is 7.97. The van der Waals surface area contributed by atoms with E-state index in [-0.39, 0.29) is 0 Å². The number of sulfonamides is 1. The highest BCUT2D eigenvalue weighted by Gasteiger charge is 2.35. The number of piperazine rings is 1. The zero-order valence-electron chi connectivity index (χ0n) is 16.7. The van der Waals surface area contributed by atoms with Gasteiger partial charge in [0.25, 0.3) is 10.0 Å². The highest BCUT2D eigenvalue weighted by atomic mass is 32.2. The lowest BCUT2D eigenvalue weighted by atomic mass is 10.1. The van der Waals surface area contributed by atoms with Crippen LogP contribution in [0.1, 0.15) is 6.42 Å². The third kappa shape index (κ3) is 3.18. The quantitative estimate of drug-likeness (QED) is 0.682. The van der Waals surface area contributed by atoms with Gasteiger partial charge in [0.15, 0.2) is 0 Å². The number of benzene rings is 3. The van der Waals surface area contributed by atoms with Crippen LogP contribution in [0.4, 0.5) is 11.4 Å². The van der Waals surface area contributed by atoms with Crippen LogP contribution in [0.15, 0.2) is 65.6 Å². The summed E-state index contributed by atoms with van der Waals surface area (Å²) in [6.07, 6.45) is 0.778. The van der Waals surface area contributed by atoms with Gasteiger partial charge in [0.05, 0.1) is 16.3 Å². The predicted molar refractivity (Wildman–Crippen MR) is 120 cm³/mol. The summed E-state index contributed by atoms with van der Waals surface area (Å²) in [5.74, 6) is 0.318. The van der Waals surface area contributed by atoms with E-state index in [0.717, 1.165) is 61.3 Å². The molecule has 2 heterocycles. The van der Waals surface area contributed by atoms with Gasteiger partial charge < -0.3 is 10.0 Å². The summed E-state index contributed by atoms with van der Waals surface area (Å²) in [6, 6.07) is 18.7. The Morgan fingerprint density at radius 1 is 0.800 bits per heavy atom. The van der Waals surface area contributed by atoms with Crippen LogP contribution in [0, 0.1) is 0 Å². The normalized spacial score (nSPS) is 18.3. The minimum Gasteiger partial charge on any atom is -0.506 e. The second-order valence-corrected chi connectivity index (χ2v) is 9.71. The summed E-state index contributed by atoms with van der Waals surface area (Å²) in [6.45, 7) is 4.84. The van der Waals surface area contributed by atoms with Gasteiger partial charge in [-0.25, -0.2) is 8.42 Å². The molecule has 0 atom stereocenters. The van der Waals surface area contributed by atoms with Gasteiger partial charge in [0.2, 0.25) is 0 Å². The number of para-hydroxylation sites is 2. The van der Waals surface area contributed by atoms with E-state index in [1.54, 1.807) is 16.4 Å². The monoisotopic (exact) mass is 423 g/mol. The van der Waals surface area contributed by atoms with Gasteiger partial charge in [0.1, 0.15) is 5.75 Å². The Bertz CT molecular complexity index is 1180. The molecular formula is C23H25N3O3S. The molecule has 1 fully saturated rings. The van der Waals surface area contributed by atoms with Gasteiger partial charge in [-0.05, 0) is 36.1 Å². The summed E-state index contributed by atoms with van der Waals surface area (Å²) in [5.41, 5.74) is 1.68. The lowest BCUT2D eigenvalue weighted by molar-refractivity contribution is 0.256. The minimum atomic E-state index is -3.47. The molecule has 156 valence electrons. The Morgan fingerprint density at radius 2 is 1.50 bits per heavy atom. The highest BCUT2D eigenvalue weighted by Crippen LogP contribution is 2.41. The van der Waals surface area contributed by atoms with Gasteiger partial charge in [-0.3, -0.25) is 9.21 Å². The Labute approximate surface area is 177 Å². The molecule has 2 aliphatic heterocycles. The molecule has 0 saturated carbocycles. The van der Waals surface area contributed by atoms with Crippen molar-refractivity contribution in [1.29, 1.82) is 0 Å². The topological polar surface area (TPSA) is 64.1 Å². The van der Waals surface area contributed by atoms with Crippen LogP contribution in [0.3, 0.4) is 0 Å². The van der Waals surface area contributed by atoms with Crippen molar-refractivity contribution in [3.63, 3.8) is 0 Å². The fourth-order valence-corrected chi connectivity index (χ4v) is 6.33. The molecule has 30 heavy (non-hydrogen) atoms. The molecule has 6 nitrogen and oxygen atoms in total. The van der Waals surface area contributed by atoms with E-state index >= 15 is 0 Å². The zero-order valence-corrected chi connectivity index (χ0v) is 17.6. The lowest BCUT2D eigenvalue weighted by Crippen LogP contribution is -2.47. The van der Waals surface area contributed by atoms with Gasteiger partial charge in [-0.15, -0.1) is 0 Å². The number of nitrogens with zero attached hydrogens (tertiary/aromatic N) is 3. The molecule has 1 N–H and O–H groups in total. The number of rotatable bonds is 5. The van der Waals surface area contributed by atoms with Crippen LogP contribution >= 0.6 is 0 Å². The molecule has 5 rings (SSSR count). The van der Waals surface area contributed by atoms with E-state index in [0.29, 0.717) is 17.2 Å². The first kappa shape index (κ1) is 19.2. The van der Waals surface area contributed by atoms with Crippen molar-refractivity contribution in [3.8, 4) is 5.75 Å². The summed E-state index contributed by atoms with van der Waals surface area (Å²) >= 11 is 0. The second-order valence-electron chi connectivity index (χ2n) is 7.88. The van der Waals surface area contributed by atoms with Crippen LogP contribution in [-0.4, -0.2) is 57.7 Å². The number of phenols is 1. The number of hydrogen-bond acceptors (Lipinski definition) is 5. The van der Waals surface area contributed by atoms with Gasteiger partial charge in [-0.1, -0.05) is 36.4 Å². The van der Waals surface area contributed by atoms with E-state index in [9.17, 15) is 13.5 Å². The molecule has 3 aromatic rings. The smallest absolute Gasteiger partial charge is 0.265 e. The van der Waals surface area contributed by atoms with E-state index in [2.05, 4.69) is 9.80 Å². The van der Waals surface area contributed by atoms with E-state index in [1.165, 1.54) is 0 Å². The maximum Gasteiger partial charge on any atom is 0.265 e. The largest absolute Gasteiger partial charge is 0.506 e. The van der Waals surface area contributed by atoms with Gasteiger partial charge in [-0.2, -0.15) is 0 Å². The fraction of sp³-hybridized carbons (Fsp3) is 0.304. The van der Waals surface area contributed by atoms with Crippen molar-refractivity contribution in [1.82, 2.24) is 4.90 Å². The van der Waals surface area contributed by atoms with Crippen LogP contribution in [-0.2, 0) is 10.0 Å². The van der Waals surface area contributed by atoms with Crippen molar-refractivity contribution in [3.05, 3.63) is 60.7 Å². The molecule has 2 aliphatic rings. The van der Waals surface area contributed by atoms with Crippen molar-refractivity contribution in [2.45, 2.75) is 11.3 Å². The van der Waals surface area contributed by atoms with Gasteiger partial charge in [0, 0.05) is 44.7 Å². The van der Waals surface area contributed by atoms with Crippen molar-refractivity contribution < 1.29 is 13.5 Å². The van der Waals surface area contributed by atoms with E-state index in [4.69, 9.17) is 0 Å². The molecule has 0 amide bonds. The van der Waals surface area contributed by atoms with Crippen molar-refractivity contribution in [2.24, 2.45) is 0 Å². The molecule has 0 spiro atoms. The average Bonchev–Trinajstić information content (AvgIpc) is 2.98. The molecule has 0 unspecified atom stereocenters. The molecule has 1 saturated heterocycles. The SMILES string of the molecule is O=S1(=O)c2cccc3cccc(c23)N1CCCN1CCN(c2ccccc2O)CC1. The minimum absolute atomic E-state index is 0.318. The Hall–Kier alpha value is -2.77. The van der Waals surface area contributed by atoms with Crippen molar-refractivity contribution in [2.75, 3.05) is 48.5 Å². The second kappa shape index (κ2) is 7.49. The summed E-state index contributed by atoms with van der Waals surface area (Å²) in [5, 5.41) is 11.9.